The van der Waals surface area contributed by atoms with E-state index in [0.29, 0.717) is 5.75 Å². The minimum absolute atomic E-state index is 0.0108. The van der Waals surface area contributed by atoms with Gasteiger partial charge in [-0.3, -0.25) is 10.1 Å². The largest absolute Gasteiger partial charge is 0.389 e. The molecule has 1 aromatic carbocycles. The second-order valence-electron chi connectivity index (χ2n) is 4.12. The van der Waals surface area contributed by atoms with E-state index < -0.39 is 23.2 Å². The molecule has 8 heteroatoms. The summed E-state index contributed by atoms with van der Waals surface area (Å²) in [6, 6.07) is 6.00. The first-order valence-corrected chi connectivity index (χ1v) is 7.49. The van der Waals surface area contributed by atoms with Gasteiger partial charge in [0.25, 0.3) is 5.69 Å². The second kappa shape index (κ2) is 6.10. The summed E-state index contributed by atoms with van der Waals surface area (Å²) in [6.07, 6.45) is -3.11. The fourth-order valence-electron chi connectivity index (χ4n) is 1.66. The van der Waals surface area contributed by atoms with E-state index in [1.807, 2.05) is 0 Å². The van der Waals surface area contributed by atoms with Crippen LogP contribution in [0.5, 0.6) is 0 Å². The Morgan fingerprint density at radius 3 is 2.42 bits per heavy atom. The van der Waals surface area contributed by atoms with Crippen molar-refractivity contribution in [1.29, 1.82) is 0 Å². The van der Waals surface area contributed by atoms with Crippen LogP contribution < -0.4 is 0 Å². The van der Waals surface area contributed by atoms with E-state index in [4.69, 9.17) is 0 Å². The van der Waals surface area contributed by atoms with Crippen molar-refractivity contribution < 1.29 is 20.2 Å². The lowest BCUT2D eigenvalue weighted by molar-refractivity contribution is -0.384. The highest BCUT2D eigenvalue weighted by Crippen LogP contribution is 2.38. The van der Waals surface area contributed by atoms with Crippen LogP contribution in [0.4, 0.5) is 5.69 Å². The lowest BCUT2D eigenvalue weighted by Crippen LogP contribution is -2.47. The number of rotatable bonds is 3. The highest BCUT2D eigenvalue weighted by Gasteiger charge is 2.37. The summed E-state index contributed by atoms with van der Waals surface area (Å²) < 4.78 is -0.306. The first-order chi connectivity index (χ1) is 8.99. The average molecular weight is 303 g/mol. The van der Waals surface area contributed by atoms with Crippen LogP contribution in [-0.4, -0.2) is 48.9 Å². The molecule has 0 bridgehead atoms. The Labute approximate surface area is 118 Å². The normalized spacial score (nSPS) is 31.1. The molecule has 19 heavy (non-hydrogen) atoms. The van der Waals surface area contributed by atoms with E-state index in [1.54, 1.807) is 12.1 Å². The molecule has 6 nitrogen and oxygen atoms in total. The first-order valence-electron chi connectivity index (χ1n) is 5.56. The van der Waals surface area contributed by atoms with Gasteiger partial charge < -0.3 is 15.3 Å². The van der Waals surface area contributed by atoms with Crippen molar-refractivity contribution in [3.05, 3.63) is 34.4 Å². The number of thioether (sulfide) groups is 2. The Kier molecular flexibility index (Phi) is 4.69. The lowest BCUT2D eigenvalue weighted by atomic mass is 10.1. The molecule has 0 spiro atoms. The van der Waals surface area contributed by atoms with Crippen molar-refractivity contribution >= 4 is 29.2 Å². The smallest absolute Gasteiger partial charge is 0.269 e. The van der Waals surface area contributed by atoms with Crippen molar-refractivity contribution in [2.24, 2.45) is 0 Å². The first kappa shape index (κ1) is 14.6. The Bertz CT molecular complexity index is 455. The van der Waals surface area contributed by atoms with Crippen molar-refractivity contribution in [2.45, 2.75) is 27.8 Å². The second-order valence-corrected chi connectivity index (χ2v) is 6.81. The number of nitro groups is 1. The average Bonchev–Trinajstić information content (AvgIpc) is 2.40. The molecule has 0 aromatic heterocycles. The van der Waals surface area contributed by atoms with Crippen LogP contribution in [-0.2, 0) is 0 Å². The number of non-ortho nitro benzene ring substituents is 1. The van der Waals surface area contributed by atoms with Crippen molar-refractivity contribution in [3.8, 4) is 0 Å². The van der Waals surface area contributed by atoms with Crippen LogP contribution in [0.1, 0.15) is 0 Å². The van der Waals surface area contributed by atoms with E-state index >= 15 is 0 Å². The van der Waals surface area contributed by atoms with Gasteiger partial charge in [-0.25, -0.2) is 0 Å². The summed E-state index contributed by atoms with van der Waals surface area (Å²) >= 11 is 2.68. The van der Waals surface area contributed by atoms with Gasteiger partial charge in [0.15, 0.2) is 0 Å². The number of hydrogen-bond acceptors (Lipinski definition) is 7. The maximum atomic E-state index is 10.5. The molecule has 0 radical (unpaired) electrons. The van der Waals surface area contributed by atoms with Gasteiger partial charge in [-0.1, -0.05) is 0 Å². The molecule has 0 unspecified atom stereocenters. The van der Waals surface area contributed by atoms with E-state index in [-0.39, 0.29) is 10.3 Å². The standard InChI is InChI=1S/C11H13NO5S2/c13-8-5-18-11(10(15)9(8)14)19-7-3-1-6(2-4-7)12(16)17/h1-4,8-11,13-15H,5H2/t8-,9-,10+,11+/m0/s1. The topological polar surface area (TPSA) is 104 Å². The number of nitro benzene ring substituents is 1. The molecule has 1 heterocycles. The minimum Gasteiger partial charge on any atom is -0.389 e. The van der Waals surface area contributed by atoms with Crippen LogP contribution in [0.25, 0.3) is 0 Å². The van der Waals surface area contributed by atoms with Crippen LogP contribution in [0.3, 0.4) is 0 Å². The molecular weight excluding hydrogens is 290 g/mol. The molecule has 1 fully saturated rings. The van der Waals surface area contributed by atoms with Gasteiger partial charge in [-0.15, -0.1) is 23.5 Å². The molecule has 0 aliphatic carbocycles. The molecule has 0 amide bonds. The fourth-order valence-corrected chi connectivity index (χ4v) is 4.31. The van der Waals surface area contributed by atoms with E-state index in [1.165, 1.54) is 35.7 Å². The van der Waals surface area contributed by atoms with Gasteiger partial charge in [-0.2, -0.15) is 0 Å². The number of nitrogens with zero attached hydrogens (tertiary/aromatic N) is 1. The summed E-state index contributed by atoms with van der Waals surface area (Å²) in [6.45, 7) is 0. The van der Waals surface area contributed by atoms with E-state index in [9.17, 15) is 25.4 Å². The van der Waals surface area contributed by atoms with Crippen LogP contribution in [0.2, 0.25) is 0 Å². The van der Waals surface area contributed by atoms with Gasteiger partial charge in [0.05, 0.1) is 15.6 Å². The van der Waals surface area contributed by atoms with Gasteiger partial charge in [0, 0.05) is 22.8 Å². The van der Waals surface area contributed by atoms with Gasteiger partial charge in [0.1, 0.15) is 12.2 Å². The molecule has 2 rings (SSSR count). The maximum Gasteiger partial charge on any atom is 0.269 e. The third kappa shape index (κ3) is 3.40. The van der Waals surface area contributed by atoms with Gasteiger partial charge in [0.2, 0.25) is 0 Å². The van der Waals surface area contributed by atoms with E-state index in [0.717, 1.165) is 4.90 Å². The quantitative estimate of drug-likeness (QED) is 0.561. The highest BCUT2D eigenvalue weighted by atomic mass is 32.2. The number of hydrogen-bond donors (Lipinski definition) is 3. The zero-order valence-corrected chi connectivity index (χ0v) is 11.4. The summed E-state index contributed by atoms with van der Waals surface area (Å²) in [5.41, 5.74) is 0.0108. The van der Waals surface area contributed by atoms with E-state index in [2.05, 4.69) is 0 Å². The molecule has 0 saturated carbocycles. The number of benzene rings is 1. The third-order valence-corrected chi connectivity index (χ3v) is 5.65. The Balaban J connectivity index is 2.03. The zero-order chi connectivity index (χ0) is 14.0. The Morgan fingerprint density at radius 2 is 1.84 bits per heavy atom. The molecular formula is C11H13NO5S2. The van der Waals surface area contributed by atoms with Crippen LogP contribution >= 0.6 is 23.5 Å². The molecule has 4 atom stereocenters. The fraction of sp³-hybridized carbons (Fsp3) is 0.455. The predicted octanol–water partition coefficient (Wildman–Crippen LogP) is 0.842. The highest BCUT2D eigenvalue weighted by molar-refractivity contribution is 8.17. The maximum absolute atomic E-state index is 10.5. The SMILES string of the molecule is O=[N+]([O-])c1ccc(S[C@H]2SC[C@H](O)[C@H](O)[C@H]2O)cc1. The Hall–Kier alpha value is -0.800. The van der Waals surface area contributed by atoms with Crippen molar-refractivity contribution in [2.75, 3.05) is 5.75 Å². The molecule has 1 saturated heterocycles. The number of aliphatic hydroxyl groups excluding tert-OH is 3. The summed E-state index contributed by atoms with van der Waals surface area (Å²) in [7, 11) is 0. The molecule has 104 valence electrons. The van der Waals surface area contributed by atoms with Crippen molar-refractivity contribution in [1.82, 2.24) is 0 Å². The molecule has 1 aliphatic rings. The molecule has 3 N–H and O–H groups in total. The Morgan fingerprint density at radius 1 is 1.21 bits per heavy atom. The predicted molar refractivity (Wildman–Crippen MR) is 73.2 cm³/mol. The zero-order valence-electron chi connectivity index (χ0n) is 9.75. The van der Waals surface area contributed by atoms with Crippen LogP contribution in [0, 0.1) is 10.1 Å². The third-order valence-electron chi connectivity index (χ3n) is 2.75. The van der Waals surface area contributed by atoms with Crippen LogP contribution in [0.15, 0.2) is 29.2 Å². The summed E-state index contributed by atoms with van der Waals surface area (Å²) in [4.78, 5) is 10.8. The van der Waals surface area contributed by atoms with Crippen molar-refractivity contribution in [3.63, 3.8) is 0 Å². The minimum atomic E-state index is -1.16. The number of aliphatic hydroxyl groups is 3. The van der Waals surface area contributed by atoms with Gasteiger partial charge in [-0.05, 0) is 12.1 Å². The monoisotopic (exact) mass is 303 g/mol. The lowest BCUT2D eigenvalue weighted by Gasteiger charge is -2.34. The van der Waals surface area contributed by atoms with Gasteiger partial charge >= 0.3 is 0 Å². The molecule has 1 aliphatic heterocycles. The summed E-state index contributed by atoms with van der Waals surface area (Å²) in [5, 5.41) is 39.4. The summed E-state index contributed by atoms with van der Waals surface area (Å²) in [5.74, 6) is 0.350. The molecule has 1 aromatic rings.